The Bertz CT molecular complexity index is 1060. The van der Waals surface area contributed by atoms with Gasteiger partial charge in [-0.05, 0) is 61.4 Å². The van der Waals surface area contributed by atoms with Crippen LogP contribution in [0.1, 0.15) is 41.2 Å². The van der Waals surface area contributed by atoms with Gasteiger partial charge in [-0.1, -0.05) is 35.6 Å². The van der Waals surface area contributed by atoms with E-state index in [0.717, 1.165) is 24.3 Å². The minimum atomic E-state index is -0.733. The van der Waals surface area contributed by atoms with E-state index in [1.807, 2.05) is 0 Å². The fraction of sp³-hybridized carbons (Fsp3) is 0.364. The number of aryl methyl sites for hydroxylation is 2. The van der Waals surface area contributed by atoms with Crippen LogP contribution in [-0.2, 0) is 24.1 Å². The SMILES string of the molecule is O=CO.O=c1[nH]c2c(O)ccc([C@@H](O)CNCCc3ccc4c(c3)CCCC4)c2s1. The molecule has 3 aromatic rings. The lowest BCUT2D eigenvalue weighted by molar-refractivity contribution is -0.122. The summed E-state index contributed by atoms with van der Waals surface area (Å²) in [7, 11) is 0. The summed E-state index contributed by atoms with van der Waals surface area (Å²) in [6.45, 7) is 0.928. The molecule has 1 aliphatic rings. The first-order chi connectivity index (χ1) is 14.5. The molecule has 2 aromatic carbocycles. The van der Waals surface area contributed by atoms with Crippen LogP contribution in [0.3, 0.4) is 0 Å². The number of nitrogens with one attached hydrogen (secondary N) is 2. The van der Waals surface area contributed by atoms with E-state index >= 15 is 0 Å². The van der Waals surface area contributed by atoms with Gasteiger partial charge in [-0.25, -0.2) is 0 Å². The van der Waals surface area contributed by atoms with E-state index in [1.54, 1.807) is 6.07 Å². The Labute approximate surface area is 178 Å². The Kier molecular flexibility index (Phi) is 7.62. The number of benzene rings is 2. The van der Waals surface area contributed by atoms with Gasteiger partial charge in [0, 0.05) is 12.1 Å². The van der Waals surface area contributed by atoms with Gasteiger partial charge in [0.05, 0.1) is 10.8 Å². The van der Waals surface area contributed by atoms with E-state index in [1.165, 1.54) is 48.4 Å². The second-order valence-electron chi connectivity index (χ2n) is 7.28. The fourth-order valence-electron chi connectivity index (χ4n) is 3.83. The number of thiazole rings is 1. The van der Waals surface area contributed by atoms with Gasteiger partial charge in [-0.15, -0.1) is 0 Å². The average molecular weight is 431 g/mol. The Morgan fingerprint density at radius 3 is 2.67 bits per heavy atom. The molecule has 0 spiro atoms. The van der Waals surface area contributed by atoms with Crippen molar-refractivity contribution in [2.45, 2.75) is 38.2 Å². The number of phenolic OH excluding ortho intramolecular Hbond substituents is 1. The first kappa shape index (κ1) is 22.0. The molecule has 0 aliphatic heterocycles. The van der Waals surface area contributed by atoms with Gasteiger partial charge in [-0.2, -0.15) is 0 Å². The van der Waals surface area contributed by atoms with Crippen LogP contribution in [0, 0.1) is 0 Å². The molecule has 0 saturated heterocycles. The van der Waals surface area contributed by atoms with Crippen LogP contribution in [0.4, 0.5) is 0 Å². The van der Waals surface area contributed by atoms with Crippen molar-refractivity contribution in [2.24, 2.45) is 0 Å². The number of hydrogen-bond donors (Lipinski definition) is 5. The van der Waals surface area contributed by atoms with Crippen LogP contribution >= 0.6 is 11.3 Å². The number of rotatable bonds is 6. The summed E-state index contributed by atoms with van der Waals surface area (Å²) in [5.74, 6) is 0.0275. The maximum atomic E-state index is 11.6. The summed E-state index contributed by atoms with van der Waals surface area (Å²) in [6, 6.07) is 9.99. The largest absolute Gasteiger partial charge is 0.506 e. The molecule has 30 heavy (non-hydrogen) atoms. The van der Waals surface area contributed by atoms with Gasteiger partial charge in [0.25, 0.3) is 6.47 Å². The number of aliphatic hydroxyl groups excluding tert-OH is 1. The van der Waals surface area contributed by atoms with Crippen LogP contribution in [-0.4, -0.2) is 39.9 Å². The maximum absolute atomic E-state index is 11.6. The molecule has 5 N–H and O–H groups in total. The predicted molar refractivity (Wildman–Crippen MR) is 117 cm³/mol. The van der Waals surface area contributed by atoms with Crippen molar-refractivity contribution in [1.82, 2.24) is 10.3 Å². The lowest BCUT2D eigenvalue weighted by atomic mass is 9.90. The van der Waals surface area contributed by atoms with Crippen LogP contribution < -0.4 is 10.2 Å². The second-order valence-corrected chi connectivity index (χ2v) is 8.26. The monoisotopic (exact) mass is 430 g/mol. The molecule has 0 saturated carbocycles. The van der Waals surface area contributed by atoms with Gasteiger partial charge in [0.1, 0.15) is 11.3 Å². The van der Waals surface area contributed by atoms with Crippen molar-refractivity contribution in [1.29, 1.82) is 0 Å². The highest BCUT2D eigenvalue weighted by Gasteiger charge is 2.16. The first-order valence-corrected chi connectivity index (χ1v) is 10.8. The average Bonchev–Trinajstić information content (AvgIpc) is 3.14. The van der Waals surface area contributed by atoms with E-state index in [2.05, 4.69) is 28.5 Å². The highest BCUT2D eigenvalue weighted by molar-refractivity contribution is 7.16. The lowest BCUT2D eigenvalue weighted by Crippen LogP contribution is -2.24. The molecule has 0 radical (unpaired) electrons. The highest BCUT2D eigenvalue weighted by Crippen LogP contribution is 2.31. The summed E-state index contributed by atoms with van der Waals surface area (Å²) in [5, 5.41) is 30.6. The predicted octanol–water partition coefficient (Wildman–Crippen LogP) is 2.74. The molecule has 4 rings (SSSR count). The van der Waals surface area contributed by atoms with E-state index in [0.29, 0.717) is 22.3 Å². The molecule has 1 atom stereocenters. The van der Waals surface area contributed by atoms with Crippen molar-refractivity contribution >= 4 is 28.0 Å². The summed E-state index contributed by atoms with van der Waals surface area (Å²) in [6.07, 6.45) is 5.16. The minimum absolute atomic E-state index is 0.0275. The third-order valence-corrected chi connectivity index (χ3v) is 6.22. The topological polar surface area (TPSA) is 123 Å². The highest BCUT2D eigenvalue weighted by atomic mass is 32.1. The summed E-state index contributed by atoms with van der Waals surface area (Å²) >= 11 is 1.01. The van der Waals surface area contributed by atoms with Gasteiger partial charge in [-0.3, -0.25) is 9.59 Å². The Hall–Kier alpha value is -2.68. The van der Waals surface area contributed by atoms with Crippen molar-refractivity contribution < 1.29 is 20.1 Å². The van der Waals surface area contributed by atoms with Crippen LogP contribution in [0.15, 0.2) is 35.1 Å². The van der Waals surface area contributed by atoms with E-state index in [9.17, 15) is 15.0 Å². The number of fused-ring (bicyclic) bond motifs is 2. The van der Waals surface area contributed by atoms with Crippen molar-refractivity contribution in [3.05, 3.63) is 62.3 Å². The molecule has 1 heterocycles. The molecular formula is C22H26N2O5S. The van der Waals surface area contributed by atoms with Gasteiger partial charge in [0.2, 0.25) is 0 Å². The quantitative estimate of drug-likeness (QED) is 0.303. The number of aliphatic hydroxyl groups is 1. The first-order valence-electron chi connectivity index (χ1n) is 9.95. The third-order valence-electron chi connectivity index (χ3n) is 5.29. The summed E-state index contributed by atoms with van der Waals surface area (Å²) < 4.78 is 0.615. The van der Waals surface area contributed by atoms with Gasteiger partial charge in [0.15, 0.2) is 0 Å². The maximum Gasteiger partial charge on any atom is 0.305 e. The minimum Gasteiger partial charge on any atom is -0.506 e. The number of aromatic amines is 1. The zero-order chi connectivity index (χ0) is 21.5. The van der Waals surface area contributed by atoms with Crippen LogP contribution in [0.2, 0.25) is 0 Å². The molecule has 0 unspecified atom stereocenters. The van der Waals surface area contributed by atoms with E-state index in [4.69, 9.17) is 9.90 Å². The molecule has 0 bridgehead atoms. The fourth-order valence-corrected chi connectivity index (χ4v) is 4.74. The Balaban J connectivity index is 0.000000806. The summed E-state index contributed by atoms with van der Waals surface area (Å²) in [4.78, 5) is 22.3. The number of aromatic hydroxyl groups is 1. The van der Waals surface area contributed by atoms with E-state index in [-0.39, 0.29) is 17.1 Å². The third kappa shape index (κ3) is 5.27. The number of carboxylic acid groups (broad SMARTS) is 1. The molecule has 8 heteroatoms. The number of aromatic nitrogens is 1. The zero-order valence-electron chi connectivity index (χ0n) is 16.6. The second kappa shape index (κ2) is 10.4. The standard InChI is InChI=1S/C21H24N2O3S.CH2O2/c24-17-8-7-16(20-19(17)23-21(26)27-20)18(25)12-22-10-9-13-5-6-14-3-1-2-4-15(14)11-13;2-1-3/h5-8,11,18,22,24-25H,1-4,9-10,12H2,(H,23,26);1H,(H,2,3)/t18-;/m0./s1. The molecular weight excluding hydrogens is 404 g/mol. The molecule has 160 valence electrons. The van der Waals surface area contributed by atoms with Crippen LogP contribution in [0.5, 0.6) is 5.75 Å². The number of hydrogen-bond acceptors (Lipinski definition) is 6. The molecule has 1 aromatic heterocycles. The number of phenols is 1. The molecule has 0 fully saturated rings. The Morgan fingerprint density at radius 2 is 1.90 bits per heavy atom. The van der Waals surface area contributed by atoms with Crippen LogP contribution in [0.25, 0.3) is 10.2 Å². The van der Waals surface area contributed by atoms with Crippen molar-refractivity contribution in [3.8, 4) is 5.75 Å². The lowest BCUT2D eigenvalue weighted by Gasteiger charge is -2.17. The smallest absolute Gasteiger partial charge is 0.305 e. The van der Waals surface area contributed by atoms with Crippen molar-refractivity contribution in [2.75, 3.05) is 13.1 Å². The molecule has 0 amide bonds. The van der Waals surface area contributed by atoms with Gasteiger partial charge >= 0.3 is 4.87 Å². The normalized spacial score (nSPS) is 13.9. The molecule has 1 aliphatic carbocycles. The van der Waals surface area contributed by atoms with Gasteiger partial charge < -0.3 is 25.6 Å². The summed E-state index contributed by atoms with van der Waals surface area (Å²) in [5.41, 5.74) is 5.37. The molecule has 7 nitrogen and oxygen atoms in total. The number of H-pyrrole nitrogens is 1. The Morgan fingerprint density at radius 1 is 1.17 bits per heavy atom. The number of carbonyl (C=O) groups is 1. The van der Waals surface area contributed by atoms with Crippen molar-refractivity contribution in [3.63, 3.8) is 0 Å². The zero-order valence-corrected chi connectivity index (χ0v) is 17.4. The van der Waals surface area contributed by atoms with E-state index < -0.39 is 6.10 Å².